The van der Waals surface area contributed by atoms with Crippen LogP contribution < -0.4 is 5.32 Å². The van der Waals surface area contributed by atoms with Crippen LogP contribution in [0, 0.1) is 5.41 Å². The van der Waals surface area contributed by atoms with Crippen molar-refractivity contribution in [3.8, 4) is 0 Å². The van der Waals surface area contributed by atoms with Crippen LogP contribution in [-0.4, -0.2) is 29.1 Å². The number of aromatic nitrogens is 1. The minimum absolute atomic E-state index is 0.0570. The van der Waals surface area contributed by atoms with E-state index in [2.05, 4.69) is 10.3 Å². The van der Waals surface area contributed by atoms with Crippen molar-refractivity contribution < 1.29 is 9.90 Å². The van der Waals surface area contributed by atoms with Gasteiger partial charge in [0.1, 0.15) is 10.8 Å². The lowest BCUT2D eigenvalue weighted by Crippen LogP contribution is -2.34. The molecule has 0 saturated carbocycles. The van der Waals surface area contributed by atoms with E-state index in [-0.39, 0.29) is 23.1 Å². The van der Waals surface area contributed by atoms with Gasteiger partial charge in [-0.2, -0.15) is 0 Å². The third kappa shape index (κ3) is 4.52. The second-order valence-corrected chi connectivity index (χ2v) is 5.80. The fraction of sp³-hybridized carbons (Fsp3) is 0.583. The van der Waals surface area contributed by atoms with Gasteiger partial charge in [-0.05, 0) is 24.3 Å². The maximum Gasteiger partial charge on any atom is 0.267 e. The molecule has 1 aromatic heterocycles. The molecule has 0 saturated heterocycles. The lowest BCUT2D eigenvalue weighted by atomic mass is 9.88. The Labute approximate surface area is 117 Å². The Morgan fingerprint density at radius 3 is 2.67 bits per heavy atom. The molecule has 6 heteroatoms. The maximum atomic E-state index is 11.8. The van der Waals surface area contributed by atoms with E-state index in [4.69, 9.17) is 28.3 Å². The Balaban J connectivity index is 2.50. The van der Waals surface area contributed by atoms with Gasteiger partial charge in [-0.3, -0.25) is 4.79 Å². The predicted molar refractivity (Wildman–Crippen MR) is 73.2 cm³/mol. The number of aliphatic hydroxyl groups excluding tert-OH is 1. The van der Waals surface area contributed by atoms with Crippen molar-refractivity contribution in [2.45, 2.75) is 26.7 Å². The zero-order valence-corrected chi connectivity index (χ0v) is 12.0. The predicted octanol–water partition coefficient (Wildman–Crippen LogP) is 2.85. The average molecular weight is 293 g/mol. The molecule has 1 aromatic rings. The molecule has 0 aliphatic rings. The van der Waals surface area contributed by atoms with Gasteiger partial charge in [-0.15, -0.1) is 0 Å². The Morgan fingerprint density at radius 2 is 2.17 bits per heavy atom. The number of rotatable bonds is 6. The number of halogens is 2. The molecule has 0 fully saturated rings. The highest BCUT2D eigenvalue weighted by Gasteiger charge is 2.19. The number of carbonyl (C=O) groups is 1. The first-order chi connectivity index (χ1) is 8.35. The molecule has 4 nitrogen and oxygen atoms in total. The van der Waals surface area contributed by atoms with Crippen molar-refractivity contribution in [1.29, 1.82) is 0 Å². The van der Waals surface area contributed by atoms with Crippen LogP contribution in [0.5, 0.6) is 0 Å². The van der Waals surface area contributed by atoms with Crippen molar-refractivity contribution in [1.82, 2.24) is 10.3 Å². The molecule has 1 heterocycles. The molecule has 0 aliphatic carbocycles. The molecule has 0 unspecified atom stereocenters. The zero-order chi connectivity index (χ0) is 13.8. The molecular formula is C12H18Cl2N2O2. The van der Waals surface area contributed by atoms with Gasteiger partial charge in [-0.25, -0.2) is 0 Å². The molecular weight excluding hydrogens is 275 g/mol. The first kappa shape index (κ1) is 15.3. The number of hydrogen-bond donors (Lipinski definition) is 3. The third-order valence-corrected chi connectivity index (χ3v) is 3.40. The summed E-state index contributed by atoms with van der Waals surface area (Å²) in [6.07, 6.45) is 1.57. The van der Waals surface area contributed by atoms with Gasteiger partial charge in [0, 0.05) is 13.2 Å². The van der Waals surface area contributed by atoms with Crippen molar-refractivity contribution in [2.24, 2.45) is 5.41 Å². The van der Waals surface area contributed by atoms with E-state index in [0.717, 1.165) is 12.8 Å². The molecule has 0 aromatic carbocycles. The van der Waals surface area contributed by atoms with Gasteiger partial charge in [-0.1, -0.05) is 37.0 Å². The highest BCUT2D eigenvalue weighted by molar-refractivity contribution is 6.41. The number of aliphatic hydroxyl groups is 1. The van der Waals surface area contributed by atoms with Crippen molar-refractivity contribution in [3.05, 3.63) is 21.9 Å². The van der Waals surface area contributed by atoms with Crippen LogP contribution in [0.4, 0.5) is 0 Å². The average Bonchev–Trinajstić information content (AvgIpc) is 2.64. The third-order valence-electron chi connectivity index (χ3n) is 2.71. The molecule has 0 bridgehead atoms. The Morgan fingerprint density at radius 1 is 1.50 bits per heavy atom. The van der Waals surface area contributed by atoms with Crippen LogP contribution in [-0.2, 0) is 0 Å². The summed E-state index contributed by atoms with van der Waals surface area (Å²) in [5.41, 5.74) is 0.293. The molecule has 3 N–H and O–H groups in total. The number of amides is 1. The van der Waals surface area contributed by atoms with Crippen LogP contribution in [0.3, 0.4) is 0 Å². The summed E-state index contributed by atoms with van der Waals surface area (Å²) in [6.45, 7) is 4.77. The van der Waals surface area contributed by atoms with Crippen LogP contribution >= 0.6 is 23.2 Å². The maximum absolute atomic E-state index is 11.8. The summed E-state index contributed by atoms with van der Waals surface area (Å²) in [4.78, 5) is 14.5. The van der Waals surface area contributed by atoms with E-state index < -0.39 is 0 Å². The quantitative estimate of drug-likeness (QED) is 0.755. The van der Waals surface area contributed by atoms with E-state index in [1.807, 2.05) is 13.8 Å². The number of hydrogen-bond acceptors (Lipinski definition) is 2. The van der Waals surface area contributed by atoms with E-state index in [9.17, 15) is 4.79 Å². The van der Waals surface area contributed by atoms with Gasteiger partial charge in [0.2, 0.25) is 0 Å². The highest BCUT2D eigenvalue weighted by atomic mass is 35.5. The van der Waals surface area contributed by atoms with E-state index in [1.54, 1.807) is 0 Å². The first-order valence-electron chi connectivity index (χ1n) is 5.79. The van der Waals surface area contributed by atoms with E-state index >= 15 is 0 Å². The largest absolute Gasteiger partial charge is 0.396 e. The summed E-state index contributed by atoms with van der Waals surface area (Å²) in [6, 6.07) is 1.50. The Kier molecular flexibility index (Phi) is 5.50. The van der Waals surface area contributed by atoms with E-state index in [0.29, 0.717) is 17.3 Å². The normalized spacial score (nSPS) is 11.6. The SMILES string of the molecule is CC(C)(CCCO)CNC(=O)c1cc(Cl)c(Cl)[nH]1. The Bertz CT molecular complexity index is 397. The molecule has 102 valence electrons. The summed E-state index contributed by atoms with van der Waals surface area (Å²) >= 11 is 11.5. The Hall–Kier alpha value is -0.710. The number of aromatic amines is 1. The topological polar surface area (TPSA) is 65.1 Å². The van der Waals surface area contributed by atoms with Gasteiger partial charge < -0.3 is 15.4 Å². The number of nitrogens with one attached hydrogen (secondary N) is 2. The lowest BCUT2D eigenvalue weighted by molar-refractivity contribution is 0.0928. The van der Waals surface area contributed by atoms with Crippen molar-refractivity contribution in [3.63, 3.8) is 0 Å². The van der Waals surface area contributed by atoms with Crippen molar-refractivity contribution in [2.75, 3.05) is 13.2 Å². The summed E-state index contributed by atoms with van der Waals surface area (Å²) in [7, 11) is 0. The summed E-state index contributed by atoms with van der Waals surface area (Å²) in [5.74, 6) is -0.235. The lowest BCUT2D eigenvalue weighted by Gasteiger charge is -2.24. The second kappa shape index (κ2) is 6.45. The second-order valence-electron chi connectivity index (χ2n) is 5.02. The minimum atomic E-state index is -0.235. The number of H-pyrrole nitrogens is 1. The fourth-order valence-corrected chi connectivity index (χ4v) is 1.90. The smallest absolute Gasteiger partial charge is 0.267 e. The van der Waals surface area contributed by atoms with Crippen molar-refractivity contribution >= 4 is 29.1 Å². The minimum Gasteiger partial charge on any atom is -0.396 e. The summed E-state index contributed by atoms with van der Waals surface area (Å²) < 4.78 is 0. The van der Waals surface area contributed by atoms with Gasteiger partial charge in [0.25, 0.3) is 5.91 Å². The van der Waals surface area contributed by atoms with Gasteiger partial charge in [0.15, 0.2) is 0 Å². The van der Waals surface area contributed by atoms with Crippen LogP contribution in [0.25, 0.3) is 0 Å². The first-order valence-corrected chi connectivity index (χ1v) is 6.54. The highest BCUT2D eigenvalue weighted by Crippen LogP contribution is 2.23. The molecule has 1 amide bonds. The summed E-state index contributed by atoms with van der Waals surface area (Å²) in [5, 5.41) is 12.2. The molecule has 1 rings (SSSR count). The molecule has 0 aliphatic heterocycles. The molecule has 0 spiro atoms. The fourth-order valence-electron chi connectivity index (χ4n) is 1.59. The number of carbonyl (C=O) groups excluding carboxylic acids is 1. The van der Waals surface area contributed by atoms with Crippen LogP contribution in [0.2, 0.25) is 10.2 Å². The standard InChI is InChI=1S/C12H18Cl2N2O2/c1-12(2,4-3-5-17)7-15-11(18)9-6-8(13)10(14)16-9/h6,16-17H,3-5,7H2,1-2H3,(H,15,18). The van der Waals surface area contributed by atoms with Crippen LogP contribution in [0.1, 0.15) is 37.2 Å². The van der Waals surface area contributed by atoms with Crippen LogP contribution in [0.15, 0.2) is 6.07 Å². The molecule has 0 radical (unpaired) electrons. The monoisotopic (exact) mass is 292 g/mol. The molecule has 0 atom stereocenters. The zero-order valence-electron chi connectivity index (χ0n) is 10.5. The molecule has 18 heavy (non-hydrogen) atoms. The van der Waals surface area contributed by atoms with Gasteiger partial charge >= 0.3 is 0 Å². The van der Waals surface area contributed by atoms with Gasteiger partial charge in [0.05, 0.1) is 5.02 Å². The van der Waals surface area contributed by atoms with E-state index in [1.165, 1.54) is 6.07 Å².